The molecular formula is C16H20O6. The first-order chi connectivity index (χ1) is 10.4. The lowest BCUT2D eigenvalue weighted by Crippen LogP contribution is -2.40. The molecule has 2 aliphatic rings. The number of esters is 1. The van der Waals surface area contributed by atoms with Gasteiger partial charge in [0.1, 0.15) is 23.2 Å². The largest absolute Gasteiger partial charge is 0.508 e. The Morgan fingerprint density at radius 3 is 2.73 bits per heavy atom. The van der Waals surface area contributed by atoms with E-state index in [1.54, 1.807) is 0 Å². The Hall–Kier alpha value is -1.79. The van der Waals surface area contributed by atoms with Crippen LogP contribution in [0.2, 0.25) is 0 Å². The second-order valence-corrected chi connectivity index (χ2v) is 6.07. The average Bonchev–Trinajstić information content (AvgIpc) is 2.41. The van der Waals surface area contributed by atoms with Gasteiger partial charge in [-0.05, 0) is 31.4 Å². The summed E-state index contributed by atoms with van der Waals surface area (Å²) in [6, 6.07) is 2.62. The number of phenols is 2. The minimum Gasteiger partial charge on any atom is -0.508 e. The van der Waals surface area contributed by atoms with Crippen molar-refractivity contribution < 1.29 is 29.6 Å². The van der Waals surface area contributed by atoms with Gasteiger partial charge in [-0.3, -0.25) is 0 Å². The van der Waals surface area contributed by atoms with Gasteiger partial charge in [0.05, 0.1) is 18.3 Å². The first-order valence-electron chi connectivity index (χ1n) is 7.53. The summed E-state index contributed by atoms with van der Waals surface area (Å²) in [5.74, 6) is -0.910. The summed E-state index contributed by atoms with van der Waals surface area (Å²) in [6.07, 6.45) is 1.27. The van der Waals surface area contributed by atoms with Gasteiger partial charge in [-0.25, -0.2) is 4.79 Å². The maximum Gasteiger partial charge on any atom is 0.342 e. The van der Waals surface area contributed by atoms with Gasteiger partial charge in [0, 0.05) is 18.9 Å². The number of aliphatic hydroxyl groups excluding tert-OH is 1. The number of cyclic esters (lactones) is 1. The van der Waals surface area contributed by atoms with Crippen molar-refractivity contribution in [1.82, 2.24) is 0 Å². The van der Waals surface area contributed by atoms with Gasteiger partial charge in [0.15, 0.2) is 0 Å². The highest BCUT2D eigenvalue weighted by Crippen LogP contribution is 2.34. The molecule has 0 bridgehead atoms. The molecule has 3 N–H and O–H groups in total. The third-order valence-corrected chi connectivity index (χ3v) is 4.37. The van der Waals surface area contributed by atoms with E-state index in [1.165, 1.54) is 6.07 Å². The van der Waals surface area contributed by atoms with E-state index in [-0.39, 0.29) is 35.4 Å². The fraction of sp³-hybridized carbons (Fsp3) is 0.562. The van der Waals surface area contributed by atoms with Crippen molar-refractivity contribution in [3.05, 3.63) is 23.3 Å². The molecule has 4 atom stereocenters. The number of ether oxygens (including phenoxy) is 2. The minimum atomic E-state index is -0.576. The summed E-state index contributed by atoms with van der Waals surface area (Å²) in [4.78, 5) is 12.0. The van der Waals surface area contributed by atoms with Crippen LogP contribution < -0.4 is 0 Å². The fourth-order valence-electron chi connectivity index (χ4n) is 3.21. The maximum absolute atomic E-state index is 12.0. The van der Waals surface area contributed by atoms with E-state index in [4.69, 9.17) is 9.47 Å². The third-order valence-electron chi connectivity index (χ3n) is 4.37. The molecule has 1 aromatic rings. The molecule has 1 saturated heterocycles. The molecule has 0 saturated carbocycles. The molecule has 2 heterocycles. The Kier molecular flexibility index (Phi) is 3.97. The topological polar surface area (TPSA) is 96.2 Å². The van der Waals surface area contributed by atoms with Crippen molar-refractivity contribution in [3.8, 4) is 11.5 Å². The highest BCUT2D eigenvalue weighted by molar-refractivity contribution is 5.95. The van der Waals surface area contributed by atoms with Gasteiger partial charge in [-0.2, -0.15) is 0 Å². The second kappa shape index (κ2) is 5.78. The highest BCUT2D eigenvalue weighted by Gasteiger charge is 2.34. The first-order valence-corrected chi connectivity index (χ1v) is 7.53. The van der Waals surface area contributed by atoms with Crippen LogP contribution in [0, 0.1) is 0 Å². The Morgan fingerprint density at radius 2 is 2.00 bits per heavy atom. The van der Waals surface area contributed by atoms with Crippen LogP contribution in [0.3, 0.4) is 0 Å². The van der Waals surface area contributed by atoms with E-state index in [1.807, 2.05) is 6.92 Å². The molecule has 2 aliphatic heterocycles. The van der Waals surface area contributed by atoms with Crippen molar-refractivity contribution in [3.63, 3.8) is 0 Å². The smallest absolute Gasteiger partial charge is 0.342 e. The Balaban J connectivity index is 1.71. The summed E-state index contributed by atoms with van der Waals surface area (Å²) in [7, 11) is 0. The number of fused-ring (bicyclic) bond motifs is 1. The zero-order chi connectivity index (χ0) is 15.9. The molecule has 3 rings (SSSR count). The standard InChI is InChI=1S/C16H20O6/c1-8-13(18)3-2-11(21-8)7-12-5-9-4-10(17)6-14(19)15(9)16(20)22-12/h4,6,8,11-13,17-19H,2-3,5,7H2,1H3/t8-,11+,12-,13+/m0/s1. The number of carbonyl (C=O) groups excluding carboxylic acids is 1. The highest BCUT2D eigenvalue weighted by atomic mass is 16.6. The maximum atomic E-state index is 12.0. The summed E-state index contributed by atoms with van der Waals surface area (Å²) in [6.45, 7) is 1.83. The summed E-state index contributed by atoms with van der Waals surface area (Å²) in [5, 5.41) is 29.0. The van der Waals surface area contributed by atoms with E-state index in [0.29, 0.717) is 24.8 Å². The molecule has 0 spiro atoms. The molecule has 120 valence electrons. The van der Waals surface area contributed by atoms with E-state index >= 15 is 0 Å². The number of hydrogen-bond acceptors (Lipinski definition) is 6. The number of benzene rings is 1. The van der Waals surface area contributed by atoms with Gasteiger partial charge in [-0.1, -0.05) is 0 Å². The van der Waals surface area contributed by atoms with Crippen molar-refractivity contribution in [2.24, 2.45) is 0 Å². The molecule has 0 unspecified atom stereocenters. The van der Waals surface area contributed by atoms with E-state index < -0.39 is 12.1 Å². The number of carbonyl (C=O) groups is 1. The van der Waals surface area contributed by atoms with Crippen LogP contribution in [-0.2, 0) is 15.9 Å². The normalized spacial score (nSPS) is 31.5. The molecule has 0 amide bonds. The Bertz CT molecular complexity index is 584. The SMILES string of the molecule is C[C@@H]1O[C@@H](C[C@@H]2Cc3cc(O)cc(O)c3C(=O)O2)CC[C@H]1O. The van der Waals surface area contributed by atoms with Crippen molar-refractivity contribution >= 4 is 5.97 Å². The predicted molar refractivity (Wildman–Crippen MR) is 76.9 cm³/mol. The fourth-order valence-corrected chi connectivity index (χ4v) is 3.21. The van der Waals surface area contributed by atoms with Crippen molar-refractivity contribution in [2.45, 2.75) is 57.0 Å². The molecule has 1 fully saturated rings. The molecular weight excluding hydrogens is 288 g/mol. The molecule has 6 heteroatoms. The first kappa shape index (κ1) is 15.1. The van der Waals surface area contributed by atoms with Gasteiger partial charge in [-0.15, -0.1) is 0 Å². The van der Waals surface area contributed by atoms with Crippen molar-refractivity contribution in [1.29, 1.82) is 0 Å². The molecule has 0 radical (unpaired) electrons. The molecule has 22 heavy (non-hydrogen) atoms. The molecule has 0 aromatic heterocycles. The Morgan fingerprint density at radius 1 is 1.23 bits per heavy atom. The monoisotopic (exact) mass is 308 g/mol. The number of aliphatic hydroxyl groups is 1. The van der Waals surface area contributed by atoms with Crippen LogP contribution in [0.1, 0.15) is 42.1 Å². The minimum absolute atomic E-state index is 0.0661. The van der Waals surface area contributed by atoms with Crippen LogP contribution in [0.15, 0.2) is 12.1 Å². The van der Waals surface area contributed by atoms with Gasteiger partial charge >= 0.3 is 5.97 Å². The third kappa shape index (κ3) is 2.89. The lowest BCUT2D eigenvalue weighted by Gasteiger charge is -2.34. The summed E-state index contributed by atoms with van der Waals surface area (Å²) < 4.78 is 11.1. The lowest BCUT2D eigenvalue weighted by molar-refractivity contribution is -0.120. The Labute approximate surface area is 128 Å². The quantitative estimate of drug-likeness (QED) is 0.717. The number of hydrogen-bond donors (Lipinski definition) is 3. The lowest BCUT2D eigenvalue weighted by atomic mass is 9.92. The number of phenolic OH excluding ortho intramolecular Hbond substituents is 2. The van der Waals surface area contributed by atoms with Crippen LogP contribution >= 0.6 is 0 Å². The molecule has 1 aromatic carbocycles. The van der Waals surface area contributed by atoms with Gasteiger partial charge in [0.25, 0.3) is 0 Å². The van der Waals surface area contributed by atoms with Crippen LogP contribution in [0.5, 0.6) is 11.5 Å². The summed E-state index contributed by atoms with van der Waals surface area (Å²) in [5.41, 5.74) is 0.713. The predicted octanol–water partition coefficient (Wildman–Crippen LogP) is 1.50. The number of rotatable bonds is 2. The van der Waals surface area contributed by atoms with Gasteiger partial charge in [0.2, 0.25) is 0 Å². The van der Waals surface area contributed by atoms with Gasteiger partial charge < -0.3 is 24.8 Å². The second-order valence-electron chi connectivity index (χ2n) is 6.07. The summed E-state index contributed by atoms with van der Waals surface area (Å²) >= 11 is 0. The number of aromatic hydroxyl groups is 2. The zero-order valence-corrected chi connectivity index (χ0v) is 12.4. The van der Waals surface area contributed by atoms with E-state index in [2.05, 4.69) is 0 Å². The zero-order valence-electron chi connectivity index (χ0n) is 12.4. The van der Waals surface area contributed by atoms with Crippen molar-refractivity contribution in [2.75, 3.05) is 0 Å². The van der Waals surface area contributed by atoms with Crippen LogP contribution in [0.25, 0.3) is 0 Å². The average molecular weight is 308 g/mol. The molecule has 6 nitrogen and oxygen atoms in total. The van der Waals surface area contributed by atoms with Crippen LogP contribution in [0.4, 0.5) is 0 Å². The van der Waals surface area contributed by atoms with E-state index in [9.17, 15) is 20.1 Å². The van der Waals surface area contributed by atoms with Crippen LogP contribution in [-0.4, -0.2) is 45.7 Å². The molecule has 0 aliphatic carbocycles. The van der Waals surface area contributed by atoms with E-state index in [0.717, 1.165) is 12.5 Å².